The predicted octanol–water partition coefficient (Wildman–Crippen LogP) is 2.74. The fourth-order valence-electron chi connectivity index (χ4n) is 2.60. The second-order valence-corrected chi connectivity index (χ2v) is 5.73. The standard InChI is InChI=1S/C16H21N3O2/c1-11(6-7-15(20)21)10-18-16-13(9-17)8-12-4-2-3-5-14(12)19-16/h8,11H,2-7,10H2,1H3,(H,18,19)(H,20,21). The van der Waals surface area contributed by atoms with Crippen molar-refractivity contribution in [1.82, 2.24) is 4.98 Å². The Hall–Kier alpha value is -2.09. The second-order valence-electron chi connectivity index (χ2n) is 5.73. The first-order valence-electron chi connectivity index (χ1n) is 7.48. The van der Waals surface area contributed by atoms with E-state index in [2.05, 4.69) is 16.4 Å². The van der Waals surface area contributed by atoms with Crippen molar-refractivity contribution >= 4 is 11.8 Å². The largest absolute Gasteiger partial charge is 0.481 e. The molecule has 5 heteroatoms. The number of nitrogens with one attached hydrogen (secondary N) is 1. The molecule has 0 fully saturated rings. The van der Waals surface area contributed by atoms with E-state index in [1.165, 1.54) is 12.0 Å². The van der Waals surface area contributed by atoms with Gasteiger partial charge in [-0.15, -0.1) is 0 Å². The zero-order valence-electron chi connectivity index (χ0n) is 12.4. The zero-order valence-corrected chi connectivity index (χ0v) is 12.4. The lowest BCUT2D eigenvalue weighted by Gasteiger charge is -2.18. The van der Waals surface area contributed by atoms with Gasteiger partial charge in [-0.1, -0.05) is 6.92 Å². The molecule has 1 heterocycles. The van der Waals surface area contributed by atoms with Gasteiger partial charge in [0.1, 0.15) is 11.9 Å². The fraction of sp³-hybridized carbons (Fsp3) is 0.562. The van der Waals surface area contributed by atoms with Crippen LogP contribution in [0.4, 0.5) is 5.82 Å². The summed E-state index contributed by atoms with van der Waals surface area (Å²) < 4.78 is 0. The van der Waals surface area contributed by atoms with Crippen molar-refractivity contribution in [3.8, 4) is 6.07 Å². The molecule has 1 aromatic rings. The van der Waals surface area contributed by atoms with E-state index in [1.54, 1.807) is 0 Å². The lowest BCUT2D eigenvalue weighted by molar-refractivity contribution is -0.137. The molecule has 1 aliphatic rings. The second kappa shape index (κ2) is 7.07. The molecule has 0 radical (unpaired) electrons. The van der Waals surface area contributed by atoms with Crippen LogP contribution in [-0.2, 0) is 17.6 Å². The molecule has 2 rings (SSSR count). The SMILES string of the molecule is CC(CCC(=O)O)CNc1nc2c(cc1C#N)CCCC2. The van der Waals surface area contributed by atoms with Gasteiger partial charge in [0.05, 0.1) is 5.56 Å². The van der Waals surface area contributed by atoms with Crippen LogP contribution >= 0.6 is 0 Å². The highest BCUT2D eigenvalue weighted by Crippen LogP contribution is 2.24. The van der Waals surface area contributed by atoms with Crippen molar-refractivity contribution < 1.29 is 9.90 Å². The number of pyridine rings is 1. The quantitative estimate of drug-likeness (QED) is 0.840. The van der Waals surface area contributed by atoms with Gasteiger partial charge in [-0.3, -0.25) is 4.79 Å². The Labute approximate surface area is 125 Å². The van der Waals surface area contributed by atoms with Crippen molar-refractivity contribution in [3.63, 3.8) is 0 Å². The molecule has 112 valence electrons. The van der Waals surface area contributed by atoms with E-state index in [9.17, 15) is 10.1 Å². The Balaban J connectivity index is 2.02. The molecule has 0 aromatic carbocycles. The van der Waals surface area contributed by atoms with Gasteiger partial charge < -0.3 is 10.4 Å². The summed E-state index contributed by atoms with van der Waals surface area (Å²) in [5.41, 5.74) is 2.88. The highest BCUT2D eigenvalue weighted by molar-refractivity contribution is 5.66. The lowest BCUT2D eigenvalue weighted by Crippen LogP contribution is -2.16. The van der Waals surface area contributed by atoms with E-state index in [0.29, 0.717) is 24.3 Å². The van der Waals surface area contributed by atoms with E-state index in [4.69, 9.17) is 5.11 Å². The number of carbonyl (C=O) groups is 1. The van der Waals surface area contributed by atoms with E-state index in [0.717, 1.165) is 25.0 Å². The van der Waals surface area contributed by atoms with Gasteiger partial charge in [-0.25, -0.2) is 4.98 Å². The van der Waals surface area contributed by atoms with Crippen molar-refractivity contribution in [2.45, 2.75) is 45.4 Å². The maximum atomic E-state index is 10.6. The Kier molecular flexibility index (Phi) is 5.15. The van der Waals surface area contributed by atoms with E-state index >= 15 is 0 Å². The molecule has 1 aliphatic carbocycles. The van der Waals surface area contributed by atoms with Crippen LogP contribution in [0.1, 0.15) is 49.4 Å². The van der Waals surface area contributed by atoms with Gasteiger partial charge in [-0.05, 0) is 49.7 Å². The van der Waals surface area contributed by atoms with Crippen molar-refractivity contribution in [2.24, 2.45) is 5.92 Å². The van der Waals surface area contributed by atoms with Gasteiger partial charge in [0, 0.05) is 18.7 Å². The van der Waals surface area contributed by atoms with Crippen molar-refractivity contribution in [1.29, 1.82) is 5.26 Å². The summed E-state index contributed by atoms with van der Waals surface area (Å²) in [5.74, 6) is 0.0947. The number of aliphatic carboxylic acids is 1. The molecule has 0 bridgehead atoms. The van der Waals surface area contributed by atoms with Crippen LogP contribution in [0.2, 0.25) is 0 Å². The van der Waals surface area contributed by atoms with Crippen molar-refractivity contribution in [2.75, 3.05) is 11.9 Å². The van der Waals surface area contributed by atoms with Gasteiger partial charge in [0.15, 0.2) is 0 Å². The minimum atomic E-state index is -0.772. The average molecular weight is 287 g/mol. The monoisotopic (exact) mass is 287 g/mol. The highest BCUT2D eigenvalue weighted by Gasteiger charge is 2.15. The van der Waals surface area contributed by atoms with Crippen LogP contribution in [0.3, 0.4) is 0 Å². The molecule has 0 aliphatic heterocycles. The number of nitriles is 1. The number of fused-ring (bicyclic) bond motifs is 1. The smallest absolute Gasteiger partial charge is 0.303 e. The number of anilines is 1. The molecule has 21 heavy (non-hydrogen) atoms. The van der Waals surface area contributed by atoms with Crippen LogP contribution in [0, 0.1) is 17.2 Å². The molecule has 0 saturated heterocycles. The topological polar surface area (TPSA) is 86.0 Å². The van der Waals surface area contributed by atoms with Crippen LogP contribution in [0.15, 0.2) is 6.07 Å². The van der Waals surface area contributed by atoms with Gasteiger partial charge in [-0.2, -0.15) is 5.26 Å². The molecule has 1 aromatic heterocycles. The van der Waals surface area contributed by atoms with E-state index in [1.807, 2.05) is 13.0 Å². The molecule has 2 N–H and O–H groups in total. The summed E-state index contributed by atoms with van der Waals surface area (Å²) in [6, 6.07) is 4.15. The third-order valence-corrected chi connectivity index (χ3v) is 3.89. The number of rotatable bonds is 6. The summed E-state index contributed by atoms with van der Waals surface area (Å²) in [7, 11) is 0. The summed E-state index contributed by atoms with van der Waals surface area (Å²) in [4.78, 5) is 15.2. The Bertz CT molecular complexity index is 563. The minimum absolute atomic E-state index is 0.172. The van der Waals surface area contributed by atoms with E-state index < -0.39 is 5.97 Å². The molecule has 1 unspecified atom stereocenters. The van der Waals surface area contributed by atoms with E-state index in [-0.39, 0.29) is 12.3 Å². The summed E-state index contributed by atoms with van der Waals surface area (Å²) >= 11 is 0. The molecule has 0 amide bonds. The predicted molar refractivity (Wildman–Crippen MR) is 80.1 cm³/mol. The van der Waals surface area contributed by atoms with Crippen LogP contribution < -0.4 is 5.32 Å². The van der Waals surface area contributed by atoms with Crippen LogP contribution in [0.5, 0.6) is 0 Å². The minimum Gasteiger partial charge on any atom is -0.481 e. The number of carboxylic acid groups (broad SMARTS) is 1. The molecule has 0 spiro atoms. The maximum Gasteiger partial charge on any atom is 0.303 e. The Morgan fingerprint density at radius 3 is 3.00 bits per heavy atom. The zero-order chi connectivity index (χ0) is 15.2. The van der Waals surface area contributed by atoms with Crippen molar-refractivity contribution in [3.05, 3.63) is 22.9 Å². The molecule has 1 atom stereocenters. The molecular weight excluding hydrogens is 266 g/mol. The lowest BCUT2D eigenvalue weighted by atomic mass is 9.95. The maximum absolute atomic E-state index is 10.6. The molecular formula is C16H21N3O2. The Morgan fingerprint density at radius 1 is 1.52 bits per heavy atom. The summed E-state index contributed by atoms with van der Waals surface area (Å²) in [5, 5.41) is 21.2. The number of hydrogen-bond acceptors (Lipinski definition) is 4. The first-order valence-corrected chi connectivity index (χ1v) is 7.48. The average Bonchev–Trinajstić information content (AvgIpc) is 2.49. The number of nitrogens with zero attached hydrogens (tertiary/aromatic N) is 2. The molecule has 0 saturated carbocycles. The Morgan fingerprint density at radius 2 is 2.29 bits per heavy atom. The first-order chi connectivity index (χ1) is 10.1. The number of hydrogen-bond donors (Lipinski definition) is 2. The highest BCUT2D eigenvalue weighted by atomic mass is 16.4. The summed E-state index contributed by atoms with van der Waals surface area (Å²) in [6.07, 6.45) is 5.09. The fourth-order valence-corrected chi connectivity index (χ4v) is 2.60. The van der Waals surface area contributed by atoms with Crippen LogP contribution in [0.25, 0.3) is 0 Å². The number of aromatic nitrogens is 1. The third kappa shape index (κ3) is 4.19. The third-order valence-electron chi connectivity index (χ3n) is 3.89. The normalized spacial score (nSPS) is 14.9. The van der Waals surface area contributed by atoms with Crippen LogP contribution in [-0.4, -0.2) is 22.6 Å². The van der Waals surface area contributed by atoms with Gasteiger partial charge >= 0.3 is 5.97 Å². The number of aryl methyl sites for hydroxylation is 2. The number of carboxylic acids is 1. The molecule has 5 nitrogen and oxygen atoms in total. The first kappa shape index (κ1) is 15.3. The van der Waals surface area contributed by atoms with Gasteiger partial charge in [0.25, 0.3) is 0 Å². The van der Waals surface area contributed by atoms with Gasteiger partial charge in [0.2, 0.25) is 0 Å². The summed E-state index contributed by atoms with van der Waals surface area (Å²) in [6.45, 7) is 2.63.